The molecule has 142 valence electrons. The third-order valence-corrected chi connectivity index (χ3v) is 4.13. The highest BCUT2D eigenvalue weighted by Crippen LogP contribution is 2.38. The van der Waals surface area contributed by atoms with E-state index in [0.717, 1.165) is 10.9 Å². The molecule has 1 heterocycles. The Hall–Kier alpha value is -3.35. The SMILES string of the molecule is COc1cc(CNC(=O)c2cc3cccc(OC)c3o2)cc(OC)c1OC. The Kier molecular flexibility index (Phi) is 5.40. The van der Waals surface area contributed by atoms with E-state index in [1.54, 1.807) is 45.6 Å². The third-order valence-electron chi connectivity index (χ3n) is 4.13. The molecule has 1 aromatic heterocycles. The van der Waals surface area contributed by atoms with Crippen molar-refractivity contribution in [3.63, 3.8) is 0 Å². The van der Waals surface area contributed by atoms with Gasteiger partial charge in [-0.2, -0.15) is 0 Å². The minimum absolute atomic E-state index is 0.210. The lowest BCUT2D eigenvalue weighted by Crippen LogP contribution is -2.22. The molecule has 3 aromatic rings. The highest BCUT2D eigenvalue weighted by atomic mass is 16.5. The molecule has 27 heavy (non-hydrogen) atoms. The van der Waals surface area contributed by atoms with Gasteiger partial charge in [0.25, 0.3) is 5.91 Å². The Morgan fingerprint density at radius 3 is 2.19 bits per heavy atom. The first-order valence-electron chi connectivity index (χ1n) is 8.25. The van der Waals surface area contributed by atoms with E-state index in [2.05, 4.69) is 5.32 Å². The molecule has 0 fully saturated rings. The summed E-state index contributed by atoms with van der Waals surface area (Å²) in [5, 5.41) is 3.63. The van der Waals surface area contributed by atoms with E-state index in [4.69, 9.17) is 23.4 Å². The van der Waals surface area contributed by atoms with Gasteiger partial charge in [-0.25, -0.2) is 0 Å². The topological polar surface area (TPSA) is 79.2 Å². The molecule has 0 atom stereocenters. The van der Waals surface area contributed by atoms with Crippen molar-refractivity contribution in [2.45, 2.75) is 6.54 Å². The van der Waals surface area contributed by atoms with Crippen LogP contribution in [-0.4, -0.2) is 34.3 Å². The van der Waals surface area contributed by atoms with Crippen LogP contribution in [0.5, 0.6) is 23.0 Å². The number of carbonyl (C=O) groups is 1. The van der Waals surface area contributed by atoms with Crippen LogP contribution in [0.2, 0.25) is 0 Å². The molecule has 0 aliphatic carbocycles. The fourth-order valence-corrected chi connectivity index (χ4v) is 2.82. The van der Waals surface area contributed by atoms with Gasteiger partial charge in [0.2, 0.25) is 5.75 Å². The Morgan fingerprint density at radius 1 is 0.926 bits per heavy atom. The molecule has 7 heteroatoms. The number of rotatable bonds is 7. The predicted octanol–water partition coefficient (Wildman–Crippen LogP) is 3.40. The van der Waals surface area contributed by atoms with Crippen molar-refractivity contribution in [3.8, 4) is 23.0 Å². The minimum Gasteiger partial charge on any atom is -0.493 e. The molecule has 0 bridgehead atoms. The first kappa shape index (κ1) is 18.4. The maximum Gasteiger partial charge on any atom is 0.287 e. The molecule has 1 N–H and O–H groups in total. The normalized spacial score (nSPS) is 10.5. The largest absolute Gasteiger partial charge is 0.493 e. The van der Waals surface area contributed by atoms with Crippen LogP contribution in [-0.2, 0) is 6.54 Å². The van der Waals surface area contributed by atoms with E-state index in [1.807, 2.05) is 12.1 Å². The minimum atomic E-state index is -0.331. The molecule has 0 aliphatic heterocycles. The Balaban J connectivity index is 1.80. The van der Waals surface area contributed by atoms with Gasteiger partial charge in [-0.1, -0.05) is 12.1 Å². The fourth-order valence-electron chi connectivity index (χ4n) is 2.82. The molecule has 0 spiro atoms. The number of furan rings is 1. The molecule has 2 aromatic carbocycles. The smallest absolute Gasteiger partial charge is 0.287 e. The molecule has 7 nitrogen and oxygen atoms in total. The van der Waals surface area contributed by atoms with E-state index in [1.165, 1.54) is 7.11 Å². The number of amides is 1. The lowest BCUT2D eigenvalue weighted by atomic mass is 10.1. The van der Waals surface area contributed by atoms with Gasteiger partial charge in [0.1, 0.15) is 0 Å². The fraction of sp³-hybridized carbons (Fsp3) is 0.250. The van der Waals surface area contributed by atoms with Crippen molar-refractivity contribution < 1.29 is 28.2 Å². The number of para-hydroxylation sites is 1. The van der Waals surface area contributed by atoms with Gasteiger partial charge in [0.05, 0.1) is 28.4 Å². The maximum absolute atomic E-state index is 12.5. The van der Waals surface area contributed by atoms with Crippen molar-refractivity contribution in [3.05, 3.63) is 47.7 Å². The Morgan fingerprint density at radius 2 is 1.59 bits per heavy atom. The Bertz CT molecular complexity index is 937. The Labute approximate surface area is 156 Å². The third kappa shape index (κ3) is 3.62. The van der Waals surface area contributed by atoms with Crippen molar-refractivity contribution >= 4 is 16.9 Å². The van der Waals surface area contributed by atoms with E-state index >= 15 is 0 Å². The van der Waals surface area contributed by atoms with E-state index < -0.39 is 0 Å². The van der Waals surface area contributed by atoms with Gasteiger partial charge in [-0.05, 0) is 29.8 Å². The van der Waals surface area contributed by atoms with E-state index in [9.17, 15) is 4.79 Å². The summed E-state index contributed by atoms with van der Waals surface area (Å²) in [6.45, 7) is 0.268. The zero-order valence-electron chi connectivity index (χ0n) is 15.6. The van der Waals surface area contributed by atoms with E-state index in [-0.39, 0.29) is 18.2 Å². The highest BCUT2D eigenvalue weighted by molar-refractivity contribution is 5.97. The lowest BCUT2D eigenvalue weighted by Gasteiger charge is -2.14. The highest BCUT2D eigenvalue weighted by Gasteiger charge is 2.16. The monoisotopic (exact) mass is 371 g/mol. The molecular weight excluding hydrogens is 350 g/mol. The first-order chi connectivity index (χ1) is 13.1. The second-order valence-electron chi connectivity index (χ2n) is 5.71. The second kappa shape index (κ2) is 7.90. The number of benzene rings is 2. The van der Waals surface area contributed by atoms with Crippen LogP contribution in [0.15, 0.2) is 40.8 Å². The summed E-state index contributed by atoms with van der Waals surface area (Å²) in [5.41, 5.74) is 1.34. The molecular formula is C20H21NO6. The number of nitrogens with one attached hydrogen (secondary N) is 1. The molecule has 0 radical (unpaired) electrons. The number of carbonyl (C=O) groups excluding carboxylic acids is 1. The molecule has 0 saturated carbocycles. The molecule has 0 aliphatic rings. The molecule has 0 saturated heterocycles. The van der Waals surface area contributed by atoms with E-state index in [0.29, 0.717) is 28.6 Å². The van der Waals surface area contributed by atoms with Gasteiger partial charge in [-0.15, -0.1) is 0 Å². The average Bonchev–Trinajstić information content (AvgIpc) is 3.15. The zero-order chi connectivity index (χ0) is 19.4. The summed E-state index contributed by atoms with van der Waals surface area (Å²) < 4.78 is 26.9. The summed E-state index contributed by atoms with van der Waals surface area (Å²) in [5.74, 6) is 2.00. The van der Waals surface area contributed by atoms with Gasteiger partial charge in [-0.3, -0.25) is 4.79 Å². The summed E-state index contributed by atoms with van der Waals surface area (Å²) in [4.78, 5) is 12.5. The van der Waals surface area contributed by atoms with Crippen LogP contribution in [0.4, 0.5) is 0 Å². The van der Waals surface area contributed by atoms with Crippen LogP contribution in [0, 0.1) is 0 Å². The van der Waals surface area contributed by atoms with Crippen LogP contribution >= 0.6 is 0 Å². The van der Waals surface area contributed by atoms with Crippen molar-refractivity contribution in [1.82, 2.24) is 5.32 Å². The van der Waals surface area contributed by atoms with Crippen LogP contribution in [0.1, 0.15) is 16.1 Å². The van der Waals surface area contributed by atoms with Gasteiger partial charge in [0, 0.05) is 11.9 Å². The van der Waals surface area contributed by atoms with Gasteiger partial charge in [0.15, 0.2) is 28.6 Å². The first-order valence-corrected chi connectivity index (χ1v) is 8.25. The lowest BCUT2D eigenvalue weighted by molar-refractivity contribution is 0.0925. The van der Waals surface area contributed by atoms with Crippen LogP contribution < -0.4 is 24.3 Å². The van der Waals surface area contributed by atoms with Crippen molar-refractivity contribution in [2.24, 2.45) is 0 Å². The number of hydrogen-bond donors (Lipinski definition) is 1. The summed E-state index contributed by atoms with van der Waals surface area (Å²) in [7, 11) is 6.18. The number of methoxy groups -OCH3 is 4. The summed E-state index contributed by atoms with van der Waals surface area (Å²) >= 11 is 0. The average molecular weight is 371 g/mol. The maximum atomic E-state index is 12.5. The number of fused-ring (bicyclic) bond motifs is 1. The quantitative estimate of drug-likeness (QED) is 0.686. The van der Waals surface area contributed by atoms with Crippen molar-refractivity contribution in [2.75, 3.05) is 28.4 Å². The van der Waals surface area contributed by atoms with Gasteiger partial charge < -0.3 is 28.7 Å². The van der Waals surface area contributed by atoms with Crippen LogP contribution in [0.25, 0.3) is 11.0 Å². The predicted molar refractivity (Wildman–Crippen MR) is 100 cm³/mol. The van der Waals surface area contributed by atoms with Crippen molar-refractivity contribution in [1.29, 1.82) is 0 Å². The molecule has 3 rings (SSSR count). The second-order valence-corrected chi connectivity index (χ2v) is 5.71. The van der Waals surface area contributed by atoms with Crippen LogP contribution in [0.3, 0.4) is 0 Å². The summed E-state index contributed by atoms with van der Waals surface area (Å²) in [6, 6.07) is 10.7. The molecule has 1 amide bonds. The number of ether oxygens (including phenoxy) is 4. The molecule has 0 unspecified atom stereocenters. The zero-order valence-corrected chi connectivity index (χ0v) is 15.6. The standard InChI is InChI=1S/C20H21NO6/c1-23-14-7-5-6-13-10-17(27-18(13)14)20(22)21-11-12-8-15(24-2)19(26-4)16(9-12)25-3/h5-10H,11H2,1-4H3,(H,21,22). The van der Waals surface area contributed by atoms with Gasteiger partial charge >= 0.3 is 0 Å². The number of hydrogen-bond acceptors (Lipinski definition) is 6. The summed E-state index contributed by atoms with van der Waals surface area (Å²) in [6.07, 6.45) is 0.